The number of halogens is 1. The molecule has 1 heterocycles. The van der Waals surface area contributed by atoms with Crippen molar-refractivity contribution in [2.45, 2.75) is 12.5 Å². The Labute approximate surface area is 83.9 Å². The molecule has 1 atom stereocenters. The van der Waals surface area contributed by atoms with E-state index in [1.807, 2.05) is 0 Å². The van der Waals surface area contributed by atoms with E-state index in [-0.39, 0.29) is 0 Å². The average molecular weight is 245 g/mol. The fraction of sp³-hybridized carbons (Fsp3) is 0.250. The van der Waals surface area contributed by atoms with Gasteiger partial charge >= 0.3 is 5.97 Å². The molecule has 0 aliphatic rings. The minimum atomic E-state index is -0.997. The number of pyridine rings is 1. The number of carboxylic acids is 1. The molecule has 0 amide bonds. The van der Waals surface area contributed by atoms with Crippen molar-refractivity contribution in [3.05, 3.63) is 28.5 Å². The number of carboxylic acid groups (broad SMARTS) is 1. The maximum Gasteiger partial charge on any atom is 0.320 e. The van der Waals surface area contributed by atoms with Crippen molar-refractivity contribution in [3.8, 4) is 0 Å². The predicted octanol–water partition coefficient (Wildman–Crippen LogP) is 0.798. The Kier molecular flexibility index (Phi) is 3.39. The third-order valence-electron chi connectivity index (χ3n) is 1.61. The monoisotopic (exact) mass is 244 g/mol. The number of aliphatic carboxylic acids is 1. The summed E-state index contributed by atoms with van der Waals surface area (Å²) in [6.07, 6.45) is 3.52. The first-order valence-electron chi connectivity index (χ1n) is 3.68. The van der Waals surface area contributed by atoms with Crippen LogP contribution in [0, 0.1) is 0 Å². The Balaban J connectivity index is 2.74. The number of rotatable bonds is 3. The summed E-state index contributed by atoms with van der Waals surface area (Å²) >= 11 is 3.26. The van der Waals surface area contributed by atoms with Crippen LogP contribution in [0.25, 0.3) is 0 Å². The zero-order valence-corrected chi connectivity index (χ0v) is 8.36. The molecule has 0 saturated carbocycles. The van der Waals surface area contributed by atoms with Crippen molar-refractivity contribution in [2.24, 2.45) is 5.73 Å². The molecule has 0 spiro atoms. The largest absolute Gasteiger partial charge is 0.480 e. The molecule has 1 aromatic heterocycles. The summed E-state index contributed by atoms with van der Waals surface area (Å²) in [5, 5.41) is 8.58. The normalized spacial score (nSPS) is 12.5. The molecular weight excluding hydrogens is 236 g/mol. The Hall–Kier alpha value is -0.940. The van der Waals surface area contributed by atoms with Gasteiger partial charge < -0.3 is 10.8 Å². The smallest absolute Gasteiger partial charge is 0.320 e. The highest BCUT2D eigenvalue weighted by Crippen LogP contribution is 2.15. The van der Waals surface area contributed by atoms with Gasteiger partial charge in [0.1, 0.15) is 6.04 Å². The van der Waals surface area contributed by atoms with Crippen LogP contribution in [0.4, 0.5) is 0 Å². The summed E-state index contributed by atoms with van der Waals surface area (Å²) in [5.41, 5.74) is 6.23. The van der Waals surface area contributed by atoms with Crippen LogP contribution >= 0.6 is 15.9 Å². The molecule has 1 unspecified atom stereocenters. The summed E-state index contributed by atoms with van der Waals surface area (Å²) in [7, 11) is 0. The molecule has 0 aliphatic carbocycles. The second kappa shape index (κ2) is 4.34. The highest BCUT2D eigenvalue weighted by atomic mass is 79.9. The third-order valence-corrected chi connectivity index (χ3v) is 2.33. The Morgan fingerprint density at radius 1 is 1.77 bits per heavy atom. The van der Waals surface area contributed by atoms with Crippen molar-refractivity contribution in [1.29, 1.82) is 0 Å². The minimum Gasteiger partial charge on any atom is -0.480 e. The van der Waals surface area contributed by atoms with Crippen LogP contribution in [0.3, 0.4) is 0 Å². The molecule has 5 heteroatoms. The quantitative estimate of drug-likeness (QED) is 0.825. The number of carbonyl (C=O) groups is 1. The number of nitrogens with two attached hydrogens (primary N) is 1. The summed E-state index contributed by atoms with van der Waals surface area (Å²) in [6.45, 7) is 0. The fourth-order valence-electron chi connectivity index (χ4n) is 0.894. The van der Waals surface area contributed by atoms with Crippen LogP contribution in [0.5, 0.6) is 0 Å². The van der Waals surface area contributed by atoms with Crippen LogP contribution in [0.1, 0.15) is 5.56 Å². The van der Waals surface area contributed by atoms with E-state index in [0.717, 1.165) is 10.0 Å². The minimum absolute atomic E-state index is 0.304. The Bertz CT molecular complexity index is 317. The van der Waals surface area contributed by atoms with E-state index >= 15 is 0 Å². The second-order valence-corrected chi connectivity index (χ2v) is 3.47. The van der Waals surface area contributed by atoms with Crippen LogP contribution in [0.15, 0.2) is 22.9 Å². The van der Waals surface area contributed by atoms with Gasteiger partial charge in [0, 0.05) is 16.9 Å². The Morgan fingerprint density at radius 2 is 2.46 bits per heavy atom. The molecule has 0 fully saturated rings. The number of hydrogen-bond donors (Lipinski definition) is 2. The first-order valence-corrected chi connectivity index (χ1v) is 4.47. The highest BCUT2D eigenvalue weighted by molar-refractivity contribution is 9.10. The van der Waals surface area contributed by atoms with Gasteiger partial charge in [0.25, 0.3) is 0 Å². The molecule has 0 radical (unpaired) electrons. The van der Waals surface area contributed by atoms with E-state index < -0.39 is 12.0 Å². The maximum absolute atomic E-state index is 10.5. The summed E-state index contributed by atoms with van der Waals surface area (Å²) < 4.78 is 0.784. The van der Waals surface area contributed by atoms with Crippen LogP contribution in [-0.2, 0) is 11.2 Å². The summed E-state index contributed by atoms with van der Waals surface area (Å²) in [5.74, 6) is -0.997. The van der Waals surface area contributed by atoms with Gasteiger partial charge in [0.05, 0.1) is 0 Å². The number of aromatic nitrogens is 1. The van der Waals surface area contributed by atoms with E-state index in [4.69, 9.17) is 10.8 Å². The second-order valence-electron chi connectivity index (χ2n) is 2.62. The van der Waals surface area contributed by atoms with Gasteiger partial charge in [0.15, 0.2) is 0 Å². The van der Waals surface area contributed by atoms with E-state index in [2.05, 4.69) is 20.9 Å². The standard InChI is InChI=1S/C8H9BrN2O2/c9-6-4-11-2-1-5(6)3-7(10)8(12)13/h1-2,4,7H,3,10H2,(H,12,13). The van der Waals surface area contributed by atoms with Gasteiger partial charge in [-0.15, -0.1) is 0 Å². The van der Waals surface area contributed by atoms with Gasteiger partial charge in [-0.1, -0.05) is 0 Å². The predicted molar refractivity (Wildman–Crippen MR) is 51.3 cm³/mol. The molecule has 0 aliphatic heterocycles. The zero-order valence-electron chi connectivity index (χ0n) is 6.77. The van der Waals surface area contributed by atoms with Crippen molar-refractivity contribution in [1.82, 2.24) is 4.98 Å². The van der Waals surface area contributed by atoms with E-state index in [0.29, 0.717) is 6.42 Å². The molecule has 1 rings (SSSR count). The summed E-state index contributed by atoms with van der Waals surface area (Å²) in [4.78, 5) is 14.3. The molecule has 3 N–H and O–H groups in total. The van der Waals surface area contributed by atoms with Gasteiger partial charge in [-0.05, 0) is 34.0 Å². The maximum atomic E-state index is 10.5. The van der Waals surface area contributed by atoms with Crippen molar-refractivity contribution in [2.75, 3.05) is 0 Å². The van der Waals surface area contributed by atoms with Crippen molar-refractivity contribution >= 4 is 21.9 Å². The van der Waals surface area contributed by atoms with Crippen LogP contribution < -0.4 is 5.73 Å². The van der Waals surface area contributed by atoms with Crippen LogP contribution in [-0.4, -0.2) is 22.1 Å². The molecule has 0 bridgehead atoms. The van der Waals surface area contributed by atoms with Gasteiger partial charge in [0.2, 0.25) is 0 Å². The fourth-order valence-corrected chi connectivity index (χ4v) is 1.31. The lowest BCUT2D eigenvalue weighted by Crippen LogP contribution is -2.32. The van der Waals surface area contributed by atoms with Crippen LogP contribution in [0.2, 0.25) is 0 Å². The first-order chi connectivity index (χ1) is 6.11. The lowest BCUT2D eigenvalue weighted by Gasteiger charge is -2.07. The first kappa shape index (κ1) is 10.1. The molecule has 1 aromatic rings. The van der Waals surface area contributed by atoms with E-state index in [1.165, 1.54) is 0 Å². The third kappa shape index (κ3) is 2.78. The van der Waals surface area contributed by atoms with E-state index in [1.54, 1.807) is 18.5 Å². The van der Waals surface area contributed by atoms with Gasteiger partial charge in [-0.2, -0.15) is 0 Å². The van der Waals surface area contributed by atoms with Gasteiger partial charge in [-0.3, -0.25) is 9.78 Å². The molecule has 0 saturated heterocycles. The lowest BCUT2D eigenvalue weighted by molar-refractivity contribution is -0.138. The van der Waals surface area contributed by atoms with E-state index in [9.17, 15) is 4.79 Å². The average Bonchev–Trinajstić information content (AvgIpc) is 2.08. The number of hydrogen-bond acceptors (Lipinski definition) is 3. The lowest BCUT2D eigenvalue weighted by atomic mass is 10.1. The number of nitrogens with zero attached hydrogens (tertiary/aromatic N) is 1. The topological polar surface area (TPSA) is 76.2 Å². The molecule has 13 heavy (non-hydrogen) atoms. The molecule has 4 nitrogen and oxygen atoms in total. The SMILES string of the molecule is NC(Cc1ccncc1Br)C(=O)O. The zero-order chi connectivity index (χ0) is 9.84. The molecular formula is C8H9BrN2O2. The molecule has 0 aromatic carbocycles. The Morgan fingerprint density at radius 3 is 3.00 bits per heavy atom. The highest BCUT2D eigenvalue weighted by Gasteiger charge is 2.13. The summed E-state index contributed by atoms with van der Waals surface area (Å²) in [6, 6.07) is 0.881. The van der Waals surface area contributed by atoms with Gasteiger partial charge in [-0.25, -0.2) is 0 Å². The van der Waals surface area contributed by atoms with Crippen molar-refractivity contribution < 1.29 is 9.90 Å². The molecule has 70 valence electrons. The van der Waals surface area contributed by atoms with Crippen molar-refractivity contribution in [3.63, 3.8) is 0 Å².